The number of amides is 1. The normalized spacial score (nSPS) is 11.1. The molecule has 0 bridgehead atoms. The average Bonchev–Trinajstić information content (AvgIpc) is 2.67. The number of hydrogen-bond donors (Lipinski definition) is 2. The minimum atomic E-state index is -3.79. The second kappa shape index (κ2) is 9.57. The molecule has 0 spiro atoms. The highest BCUT2D eigenvalue weighted by atomic mass is 32.2. The number of rotatable bonds is 9. The lowest BCUT2D eigenvalue weighted by Crippen LogP contribution is -2.29. The molecule has 0 atom stereocenters. The van der Waals surface area contributed by atoms with Crippen LogP contribution in [-0.4, -0.2) is 41.1 Å². The van der Waals surface area contributed by atoms with Gasteiger partial charge in [-0.05, 0) is 62.2 Å². The van der Waals surface area contributed by atoms with Gasteiger partial charge in [0.1, 0.15) is 18.1 Å². The van der Waals surface area contributed by atoms with Crippen LogP contribution in [0.2, 0.25) is 0 Å². The minimum Gasteiger partial charge on any atom is -0.496 e. The van der Waals surface area contributed by atoms with Crippen LogP contribution < -0.4 is 19.5 Å². The SMILES string of the molecule is CCNC(=O)c1cc(S(=O)(=O)NCCOc2ccc(C)c(C)c2)ccc1OC. The molecule has 0 heterocycles. The van der Waals surface area contributed by atoms with Gasteiger partial charge in [-0.25, -0.2) is 13.1 Å². The molecule has 0 saturated heterocycles. The molecule has 0 aromatic heterocycles. The van der Waals surface area contributed by atoms with Gasteiger partial charge >= 0.3 is 0 Å². The molecule has 152 valence electrons. The molecule has 2 aromatic carbocycles. The van der Waals surface area contributed by atoms with Crippen molar-refractivity contribution in [2.75, 3.05) is 26.8 Å². The molecule has 28 heavy (non-hydrogen) atoms. The summed E-state index contributed by atoms with van der Waals surface area (Å²) in [5.41, 5.74) is 2.43. The van der Waals surface area contributed by atoms with Gasteiger partial charge < -0.3 is 14.8 Å². The standard InChI is InChI=1S/C20H26N2O5S/c1-5-21-20(23)18-13-17(8-9-19(18)26-4)28(24,25)22-10-11-27-16-7-6-14(2)15(3)12-16/h6-9,12-13,22H,5,10-11H2,1-4H3,(H,21,23). The number of benzene rings is 2. The molecule has 2 N–H and O–H groups in total. The van der Waals surface area contributed by atoms with E-state index in [1.807, 2.05) is 32.0 Å². The minimum absolute atomic E-state index is 0.0132. The first-order valence-corrected chi connectivity index (χ1v) is 10.4. The Morgan fingerprint density at radius 2 is 1.82 bits per heavy atom. The lowest BCUT2D eigenvalue weighted by Gasteiger charge is -2.12. The van der Waals surface area contributed by atoms with Crippen molar-refractivity contribution < 1.29 is 22.7 Å². The van der Waals surface area contributed by atoms with Crippen LogP contribution in [0.4, 0.5) is 0 Å². The van der Waals surface area contributed by atoms with E-state index in [4.69, 9.17) is 9.47 Å². The number of sulfonamides is 1. The van der Waals surface area contributed by atoms with Crippen molar-refractivity contribution in [3.63, 3.8) is 0 Å². The van der Waals surface area contributed by atoms with Crippen LogP contribution in [0.5, 0.6) is 11.5 Å². The summed E-state index contributed by atoms with van der Waals surface area (Å²) in [5, 5.41) is 2.64. The van der Waals surface area contributed by atoms with Crippen molar-refractivity contribution >= 4 is 15.9 Å². The number of carbonyl (C=O) groups is 1. The van der Waals surface area contributed by atoms with Gasteiger partial charge in [0.25, 0.3) is 5.91 Å². The third-order valence-electron chi connectivity index (χ3n) is 4.20. The van der Waals surface area contributed by atoms with Crippen molar-refractivity contribution in [3.05, 3.63) is 53.1 Å². The molecule has 0 aliphatic heterocycles. The molecule has 7 nitrogen and oxygen atoms in total. The lowest BCUT2D eigenvalue weighted by molar-refractivity contribution is 0.0952. The Labute approximate surface area is 166 Å². The van der Waals surface area contributed by atoms with E-state index in [-0.39, 0.29) is 23.6 Å². The van der Waals surface area contributed by atoms with Crippen LogP contribution in [0.25, 0.3) is 0 Å². The Morgan fingerprint density at radius 1 is 1.07 bits per heavy atom. The van der Waals surface area contributed by atoms with Gasteiger partial charge in [0.2, 0.25) is 10.0 Å². The first kappa shape index (κ1) is 21.7. The zero-order chi connectivity index (χ0) is 20.7. The predicted molar refractivity (Wildman–Crippen MR) is 108 cm³/mol. The number of nitrogens with one attached hydrogen (secondary N) is 2. The third kappa shape index (κ3) is 5.46. The van der Waals surface area contributed by atoms with E-state index in [1.165, 1.54) is 25.3 Å². The molecule has 0 aliphatic rings. The van der Waals surface area contributed by atoms with Gasteiger partial charge in [-0.2, -0.15) is 0 Å². The molecule has 0 aliphatic carbocycles. The van der Waals surface area contributed by atoms with Crippen LogP contribution in [0.1, 0.15) is 28.4 Å². The van der Waals surface area contributed by atoms with Crippen molar-refractivity contribution in [2.24, 2.45) is 0 Å². The summed E-state index contributed by atoms with van der Waals surface area (Å²) < 4.78 is 38.3. The second-order valence-electron chi connectivity index (χ2n) is 6.21. The summed E-state index contributed by atoms with van der Waals surface area (Å²) in [4.78, 5) is 12.1. The van der Waals surface area contributed by atoms with Crippen molar-refractivity contribution in [3.8, 4) is 11.5 Å². The van der Waals surface area contributed by atoms with E-state index in [9.17, 15) is 13.2 Å². The smallest absolute Gasteiger partial charge is 0.255 e. The number of methoxy groups -OCH3 is 1. The topological polar surface area (TPSA) is 93.7 Å². The molecular formula is C20H26N2O5S. The van der Waals surface area contributed by atoms with Crippen LogP contribution in [-0.2, 0) is 10.0 Å². The first-order chi connectivity index (χ1) is 13.3. The number of carbonyl (C=O) groups excluding carboxylic acids is 1. The summed E-state index contributed by atoms with van der Waals surface area (Å²) >= 11 is 0. The third-order valence-corrected chi connectivity index (χ3v) is 5.66. The van der Waals surface area contributed by atoms with Gasteiger partial charge in [0.15, 0.2) is 0 Å². The molecule has 8 heteroatoms. The molecule has 2 aromatic rings. The van der Waals surface area contributed by atoms with Crippen molar-refractivity contribution in [1.82, 2.24) is 10.0 Å². The highest BCUT2D eigenvalue weighted by Crippen LogP contribution is 2.22. The van der Waals surface area contributed by atoms with E-state index in [1.54, 1.807) is 6.92 Å². The van der Waals surface area contributed by atoms with Crippen LogP contribution >= 0.6 is 0 Å². The van der Waals surface area contributed by atoms with Gasteiger partial charge in [0, 0.05) is 13.1 Å². The Hall–Kier alpha value is -2.58. The van der Waals surface area contributed by atoms with Gasteiger partial charge in [-0.3, -0.25) is 4.79 Å². The van der Waals surface area contributed by atoms with Crippen molar-refractivity contribution in [1.29, 1.82) is 0 Å². The molecule has 0 saturated carbocycles. The van der Waals surface area contributed by atoms with Gasteiger partial charge in [-0.15, -0.1) is 0 Å². The fourth-order valence-corrected chi connectivity index (χ4v) is 3.56. The Bertz CT molecular complexity index is 942. The fourth-order valence-electron chi connectivity index (χ4n) is 2.52. The summed E-state index contributed by atoms with van der Waals surface area (Å²) in [6.45, 7) is 6.48. The molecule has 2 rings (SSSR count). The Balaban J connectivity index is 2.04. The van der Waals surface area contributed by atoms with Crippen molar-refractivity contribution in [2.45, 2.75) is 25.7 Å². The zero-order valence-electron chi connectivity index (χ0n) is 16.5. The summed E-state index contributed by atoms with van der Waals surface area (Å²) in [5.74, 6) is 0.600. The number of hydrogen-bond acceptors (Lipinski definition) is 5. The Kier molecular flexibility index (Phi) is 7.42. The quantitative estimate of drug-likeness (QED) is 0.624. The summed E-state index contributed by atoms with van der Waals surface area (Å²) in [6, 6.07) is 9.87. The van der Waals surface area contributed by atoms with Crippen LogP contribution in [0.3, 0.4) is 0 Å². The van der Waals surface area contributed by atoms with E-state index in [0.717, 1.165) is 11.1 Å². The fraction of sp³-hybridized carbons (Fsp3) is 0.350. The zero-order valence-corrected chi connectivity index (χ0v) is 17.4. The largest absolute Gasteiger partial charge is 0.496 e. The molecular weight excluding hydrogens is 380 g/mol. The number of aryl methyl sites for hydroxylation is 2. The number of ether oxygens (including phenoxy) is 2. The maximum Gasteiger partial charge on any atom is 0.255 e. The van der Waals surface area contributed by atoms with Crippen LogP contribution in [0.15, 0.2) is 41.3 Å². The highest BCUT2D eigenvalue weighted by molar-refractivity contribution is 7.89. The predicted octanol–water partition coefficient (Wildman–Crippen LogP) is 2.42. The maximum atomic E-state index is 12.5. The maximum absolute atomic E-state index is 12.5. The second-order valence-corrected chi connectivity index (χ2v) is 7.98. The van der Waals surface area contributed by atoms with E-state index >= 15 is 0 Å². The molecule has 1 amide bonds. The molecule has 0 unspecified atom stereocenters. The van der Waals surface area contributed by atoms with E-state index in [0.29, 0.717) is 18.0 Å². The Morgan fingerprint density at radius 3 is 2.46 bits per heavy atom. The van der Waals surface area contributed by atoms with Gasteiger partial charge in [-0.1, -0.05) is 6.07 Å². The molecule has 0 fully saturated rings. The van der Waals surface area contributed by atoms with E-state index in [2.05, 4.69) is 10.0 Å². The van der Waals surface area contributed by atoms with Gasteiger partial charge in [0.05, 0.1) is 17.6 Å². The molecule has 0 radical (unpaired) electrons. The monoisotopic (exact) mass is 406 g/mol. The summed E-state index contributed by atoms with van der Waals surface area (Å²) in [7, 11) is -2.37. The van der Waals surface area contributed by atoms with E-state index < -0.39 is 15.9 Å². The van der Waals surface area contributed by atoms with Crippen LogP contribution in [0, 0.1) is 13.8 Å². The first-order valence-electron chi connectivity index (χ1n) is 8.94. The summed E-state index contributed by atoms with van der Waals surface area (Å²) in [6.07, 6.45) is 0. The highest BCUT2D eigenvalue weighted by Gasteiger charge is 2.19. The average molecular weight is 407 g/mol. The lowest BCUT2D eigenvalue weighted by atomic mass is 10.1.